The average Bonchev–Trinajstić information content (AvgIpc) is 2.27. The lowest BCUT2D eigenvalue weighted by Crippen LogP contribution is -2.24. The topological polar surface area (TPSA) is 64.7 Å². The van der Waals surface area contributed by atoms with E-state index < -0.39 is 6.10 Å². The first-order chi connectivity index (χ1) is 7.18. The molecule has 1 aliphatic heterocycles. The summed E-state index contributed by atoms with van der Waals surface area (Å²) in [5, 5.41) is 9.79. The molecular formula is C11H15NO3. The second kappa shape index (κ2) is 4.18. The van der Waals surface area contributed by atoms with Crippen molar-refractivity contribution < 1.29 is 14.6 Å². The van der Waals surface area contributed by atoms with Crippen molar-refractivity contribution in [1.29, 1.82) is 0 Å². The van der Waals surface area contributed by atoms with Crippen molar-refractivity contribution in [1.82, 2.24) is 0 Å². The number of hydrogen-bond acceptors (Lipinski definition) is 4. The van der Waals surface area contributed by atoms with Crippen LogP contribution in [0.5, 0.6) is 5.75 Å². The third kappa shape index (κ3) is 2.12. The molecule has 0 aliphatic carbocycles. The molecule has 0 fully saturated rings. The monoisotopic (exact) mass is 209 g/mol. The summed E-state index contributed by atoms with van der Waals surface area (Å²) in [6.07, 6.45) is -0.651. The van der Waals surface area contributed by atoms with E-state index in [9.17, 15) is 5.11 Å². The quantitative estimate of drug-likeness (QED) is 0.760. The van der Waals surface area contributed by atoms with Gasteiger partial charge in [-0.05, 0) is 18.6 Å². The van der Waals surface area contributed by atoms with E-state index in [2.05, 4.69) is 0 Å². The molecular weight excluding hydrogens is 194 g/mol. The van der Waals surface area contributed by atoms with Gasteiger partial charge in [0.05, 0.1) is 12.7 Å². The summed E-state index contributed by atoms with van der Waals surface area (Å²) in [5.74, 6) is 0.776. The van der Waals surface area contributed by atoms with E-state index in [1.165, 1.54) is 0 Å². The Balaban J connectivity index is 2.27. The number of aliphatic hydroxyl groups excluding tert-OH is 1. The molecule has 82 valence electrons. The molecule has 4 heteroatoms. The van der Waals surface area contributed by atoms with Crippen molar-refractivity contribution in [3.63, 3.8) is 0 Å². The van der Waals surface area contributed by atoms with Crippen molar-refractivity contribution in [2.24, 2.45) is 5.73 Å². The first-order valence-electron chi connectivity index (χ1n) is 4.95. The third-order valence-electron chi connectivity index (χ3n) is 2.49. The highest BCUT2D eigenvalue weighted by Gasteiger charge is 2.16. The molecule has 4 nitrogen and oxygen atoms in total. The van der Waals surface area contributed by atoms with Crippen molar-refractivity contribution in [2.45, 2.75) is 25.7 Å². The molecule has 0 aromatic heterocycles. The Morgan fingerprint density at radius 1 is 1.47 bits per heavy atom. The molecule has 2 unspecified atom stereocenters. The highest BCUT2D eigenvalue weighted by molar-refractivity contribution is 5.39. The summed E-state index contributed by atoms with van der Waals surface area (Å²) in [5.41, 5.74) is 7.41. The minimum atomic E-state index is -0.651. The number of fused-ring (bicyclic) bond motifs is 1. The number of rotatable bonds is 2. The highest BCUT2D eigenvalue weighted by Crippen LogP contribution is 2.28. The zero-order valence-corrected chi connectivity index (χ0v) is 8.64. The SMILES string of the molecule is CC(N)C(O)c1ccc2c(c1)OCOC2. The summed E-state index contributed by atoms with van der Waals surface area (Å²) in [7, 11) is 0. The molecule has 3 N–H and O–H groups in total. The molecule has 1 aliphatic rings. The summed E-state index contributed by atoms with van der Waals surface area (Å²) < 4.78 is 10.5. The smallest absolute Gasteiger partial charge is 0.189 e. The van der Waals surface area contributed by atoms with Crippen LogP contribution in [-0.2, 0) is 11.3 Å². The summed E-state index contributed by atoms with van der Waals surface area (Å²) >= 11 is 0. The number of nitrogens with two attached hydrogens (primary N) is 1. The Morgan fingerprint density at radius 3 is 3.00 bits per heavy atom. The lowest BCUT2D eigenvalue weighted by atomic mass is 10.0. The second-order valence-corrected chi connectivity index (χ2v) is 3.78. The van der Waals surface area contributed by atoms with Crippen molar-refractivity contribution >= 4 is 0 Å². The molecule has 15 heavy (non-hydrogen) atoms. The van der Waals surface area contributed by atoms with E-state index in [0.29, 0.717) is 6.61 Å². The van der Waals surface area contributed by atoms with E-state index >= 15 is 0 Å². The zero-order chi connectivity index (χ0) is 10.8. The van der Waals surface area contributed by atoms with E-state index in [-0.39, 0.29) is 12.8 Å². The van der Waals surface area contributed by atoms with Crippen LogP contribution < -0.4 is 10.5 Å². The minimum Gasteiger partial charge on any atom is -0.467 e. The average molecular weight is 209 g/mol. The van der Waals surface area contributed by atoms with Crippen molar-refractivity contribution in [3.05, 3.63) is 29.3 Å². The Morgan fingerprint density at radius 2 is 2.27 bits per heavy atom. The predicted molar refractivity (Wildman–Crippen MR) is 55.3 cm³/mol. The minimum absolute atomic E-state index is 0.269. The molecule has 1 aromatic rings. The molecule has 2 atom stereocenters. The standard InChI is InChI=1S/C11H15NO3/c1-7(12)11(13)8-2-3-9-5-14-6-15-10(9)4-8/h2-4,7,11,13H,5-6,12H2,1H3. The fourth-order valence-electron chi connectivity index (χ4n) is 1.57. The van der Waals surface area contributed by atoms with Gasteiger partial charge < -0.3 is 20.3 Å². The molecule has 0 bridgehead atoms. The maximum Gasteiger partial charge on any atom is 0.189 e. The molecule has 0 saturated carbocycles. The van der Waals surface area contributed by atoms with E-state index in [1.807, 2.05) is 18.2 Å². The molecule has 0 saturated heterocycles. The Labute approximate surface area is 88.6 Å². The van der Waals surface area contributed by atoms with E-state index in [0.717, 1.165) is 16.9 Å². The van der Waals surface area contributed by atoms with E-state index in [1.54, 1.807) is 6.92 Å². The zero-order valence-electron chi connectivity index (χ0n) is 8.64. The lowest BCUT2D eigenvalue weighted by molar-refractivity contribution is -0.0166. The van der Waals surface area contributed by atoms with E-state index in [4.69, 9.17) is 15.2 Å². The van der Waals surface area contributed by atoms with Crippen LogP contribution in [0.1, 0.15) is 24.2 Å². The van der Waals surface area contributed by atoms with Gasteiger partial charge >= 0.3 is 0 Å². The largest absolute Gasteiger partial charge is 0.467 e. The van der Waals surface area contributed by atoms with Gasteiger partial charge in [0.15, 0.2) is 6.79 Å². The fourth-order valence-corrected chi connectivity index (χ4v) is 1.57. The summed E-state index contributed by atoms with van der Waals surface area (Å²) in [6, 6.07) is 5.29. The fraction of sp³-hybridized carbons (Fsp3) is 0.455. The van der Waals surface area contributed by atoms with Gasteiger partial charge in [-0.1, -0.05) is 12.1 Å². The van der Waals surface area contributed by atoms with Crippen LogP contribution in [0, 0.1) is 0 Å². The maximum absolute atomic E-state index is 9.79. The van der Waals surface area contributed by atoms with Gasteiger partial charge in [-0.25, -0.2) is 0 Å². The van der Waals surface area contributed by atoms with Crippen LogP contribution in [0.15, 0.2) is 18.2 Å². The number of benzene rings is 1. The number of hydrogen-bond donors (Lipinski definition) is 2. The molecule has 0 radical (unpaired) electrons. The predicted octanol–water partition coefficient (Wildman–Crippen LogP) is 0.934. The molecule has 1 heterocycles. The van der Waals surface area contributed by atoms with Gasteiger partial charge in [0.25, 0.3) is 0 Å². The van der Waals surface area contributed by atoms with Crippen molar-refractivity contribution in [2.75, 3.05) is 6.79 Å². The molecule has 0 amide bonds. The normalized spacial score (nSPS) is 18.9. The third-order valence-corrected chi connectivity index (χ3v) is 2.49. The van der Waals surface area contributed by atoms with Gasteiger partial charge in [0.1, 0.15) is 5.75 Å². The first-order valence-corrected chi connectivity index (χ1v) is 4.95. The van der Waals surface area contributed by atoms with Crippen LogP contribution >= 0.6 is 0 Å². The van der Waals surface area contributed by atoms with Crippen LogP contribution in [-0.4, -0.2) is 17.9 Å². The first kappa shape index (κ1) is 10.4. The summed E-state index contributed by atoms with van der Waals surface area (Å²) in [4.78, 5) is 0. The van der Waals surface area contributed by atoms with Gasteiger partial charge in [-0.2, -0.15) is 0 Å². The Bertz CT molecular complexity index is 352. The molecule has 0 spiro atoms. The van der Waals surface area contributed by atoms with Crippen LogP contribution in [0.25, 0.3) is 0 Å². The highest BCUT2D eigenvalue weighted by atomic mass is 16.7. The van der Waals surface area contributed by atoms with Crippen LogP contribution in [0.4, 0.5) is 0 Å². The Kier molecular flexibility index (Phi) is 2.90. The van der Waals surface area contributed by atoms with Gasteiger partial charge in [0, 0.05) is 11.6 Å². The van der Waals surface area contributed by atoms with Crippen molar-refractivity contribution in [3.8, 4) is 5.75 Å². The molecule has 1 aromatic carbocycles. The number of ether oxygens (including phenoxy) is 2. The van der Waals surface area contributed by atoms with Crippen LogP contribution in [0.2, 0.25) is 0 Å². The maximum atomic E-state index is 9.79. The summed E-state index contributed by atoms with van der Waals surface area (Å²) in [6.45, 7) is 2.60. The Hall–Kier alpha value is -1.10. The van der Waals surface area contributed by atoms with Gasteiger partial charge in [0.2, 0.25) is 0 Å². The second-order valence-electron chi connectivity index (χ2n) is 3.78. The molecule has 2 rings (SSSR count). The lowest BCUT2D eigenvalue weighted by Gasteiger charge is -2.21. The van der Waals surface area contributed by atoms with Gasteiger partial charge in [-0.15, -0.1) is 0 Å². The number of aliphatic hydroxyl groups is 1. The van der Waals surface area contributed by atoms with Gasteiger partial charge in [-0.3, -0.25) is 0 Å². The van der Waals surface area contributed by atoms with Crippen LogP contribution in [0.3, 0.4) is 0 Å².